The van der Waals surface area contributed by atoms with Gasteiger partial charge in [-0.3, -0.25) is 19.7 Å². The molecular weight excluding hydrogens is 529 g/mol. The number of nitrogens with zero attached hydrogens (tertiary/aromatic N) is 1. The predicted octanol–water partition coefficient (Wildman–Crippen LogP) is 4.79. The number of imide groups is 1. The molecule has 3 aliphatic rings. The maximum atomic E-state index is 14.1. The van der Waals surface area contributed by atoms with Gasteiger partial charge in [0.25, 0.3) is 0 Å². The number of halogens is 7. The van der Waals surface area contributed by atoms with Crippen LogP contribution in [0.1, 0.15) is 5.56 Å². The van der Waals surface area contributed by atoms with Crippen LogP contribution in [0.15, 0.2) is 30.3 Å². The summed E-state index contributed by atoms with van der Waals surface area (Å²) in [5.74, 6) is -6.75. The molecule has 5 rings (SSSR count). The summed E-state index contributed by atoms with van der Waals surface area (Å²) in [5, 5.41) is 4.84. The SMILES string of the molecule is O=C1C2C(C(F)(F)F)NC3(C(=O)Nc4c(Cl)cc(Cl)cc43)C2C(=O)N1c1cc(Cl)cc(Cl)c1. The Kier molecular flexibility index (Phi) is 4.98. The number of anilines is 2. The molecule has 4 atom stereocenters. The van der Waals surface area contributed by atoms with Crippen LogP contribution in [-0.4, -0.2) is 29.9 Å². The molecule has 0 saturated carbocycles. The van der Waals surface area contributed by atoms with E-state index in [-0.39, 0.29) is 37.0 Å². The van der Waals surface area contributed by atoms with Gasteiger partial charge >= 0.3 is 6.18 Å². The van der Waals surface area contributed by atoms with Crippen LogP contribution in [0.3, 0.4) is 0 Å². The van der Waals surface area contributed by atoms with Gasteiger partial charge in [0.15, 0.2) is 0 Å². The highest BCUT2D eigenvalue weighted by Gasteiger charge is 2.74. The lowest BCUT2D eigenvalue weighted by molar-refractivity contribution is -0.166. The fraction of sp³-hybridized carbons (Fsp3) is 0.250. The Hall–Kier alpha value is -2.04. The lowest BCUT2D eigenvalue weighted by Gasteiger charge is -2.30. The van der Waals surface area contributed by atoms with E-state index >= 15 is 0 Å². The van der Waals surface area contributed by atoms with E-state index in [0.29, 0.717) is 4.90 Å². The van der Waals surface area contributed by atoms with Gasteiger partial charge in [0.05, 0.1) is 28.2 Å². The second kappa shape index (κ2) is 7.23. The third kappa shape index (κ3) is 3.10. The molecule has 0 aromatic heterocycles. The molecule has 4 unspecified atom stereocenters. The Morgan fingerprint density at radius 3 is 2.09 bits per heavy atom. The maximum Gasteiger partial charge on any atom is 0.404 e. The molecule has 2 aromatic rings. The van der Waals surface area contributed by atoms with Crippen molar-refractivity contribution in [3.63, 3.8) is 0 Å². The molecule has 3 heterocycles. The second-order valence-corrected chi connectivity index (χ2v) is 9.60. The fourth-order valence-electron chi connectivity index (χ4n) is 4.91. The first-order valence-electron chi connectivity index (χ1n) is 9.35. The molecule has 3 amide bonds. The highest BCUT2D eigenvalue weighted by Crippen LogP contribution is 2.57. The van der Waals surface area contributed by atoms with E-state index in [4.69, 9.17) is 46.4 Å². The number of amides is 3. The number of benzene rings is 2. The standard InChI is InChI=1S/C20H10Cl4F3N3O3/c21-6-1-7(22)3-9(2-6)30-16(31)12-13(17(30)32)19(29-15(12)20(25,26)27)10-4-8(23)5-11(24)14(10)28-18(19)33/h1-5,12-13,15,29H,(H,28,33). The zero-order valence-corrected chi connectivity index (χ0v) is 19.0. The van der Waals surface area contributed by atoms with Crippen LogP contribution in [0, 0.1) is 11.8 Å². The van der Waals surface area contributed by atoms with Gasteiger partial charge in [-0.2, -0.15) is 13.2 Å². The Balaban J connectivity index is 1.74. The van der Waals surface area contributed by atoms with Gasteiger partial charge in [-0.25, -0.2) is 4.90 Å². The van der Waals surface area contributed by atoms with Gasteiger partial charge in [-0.1, -0.05) is 46.4 Å². The molecule has 0 aliphatic carbocycles. The summed E-state index contributed by atoms with van der Waals surface area (Å²) < 4.78 is 42.3. The van der Waals surface area contributed by atoms with E-state index < -0.39 is 47.3 Å². The molecular formula is C20H10Cl4F3N3O3. The molecule has 1 spiro atoms. The molecule has 3 aliphatic heterocycles. The van der Waals surface area contributed by atoms with Crippen LogP contribution in [0.4, 0.5) is 24.5 Å². The minimum absolute atomic E-state index is 0.0182. The molecule has 33 heavy (non-hydrogen) atoms. The quantitative estimate of drug-likeness (QED) is 0.512. The first-order valence-corrected chi connectivity index (χ1v) is 10.9. The van der Waals surface area contributed by atoms with Gasteiger partial charge in [-0.05, 0) is 30.3 Å². The predicted molar refractivity (Wildman–Crippen MR) is 116 cm³/mol. The molecule has 2 N–H and O–H groups in total. The lowest BCUT2D eigenvalue weighted by atomic mass is 9.76. The zero-order chi connectivity index (χ0) is 24.0. The average Bonchev–Trinajstić information content (AvgIpc) is 3.27. The third-order valence-electron chi connectivity index (χ3n) is 6.09. The molecule has 2 aromatic carbocycles. The first kappa shape index (κ1) is 22.7. The van der Waals surface area contributed by atoms with Crippen LogP contribution in [0.25, 0.3) is 0 Å². The fourth-order valence-corrected chi connectivity index (χ4v) is 5.97. The summed E-state index contributed by atoms with van der Waals surface area (Å²) >= 11 is 24.2. The Morgan fingerprint density at radius 2 is 1.48 bits per heavy atom. The molecule has 0 bridgehead atoms. The summed E-state index contributed by atoms with van der Waals surface area (Å²) in [6, 6.07) is 3.85. The Labute approximate surface area is 203 Å². The molecule has 2 saturated heterocycles. The molecule has 13 heteroatoms. The van der Waals surface area contributed by atoms with Crippen LogP contribution < -0.4 is 15.5 Å². The number of hydrogen-bond acceptors (Lipinski definition) is 4. The van der Waals surface area contributed by atoms with Crippen molar-refractivity contribution in [2.24, 2.45) is 11.8 Å². The van der Waals surface area contributed by atoms with Crippen molar-refractivity contribution in [3.8, 4) is 0 Å². The summed E-state index contributed by atoms with van der Waals surface area (Å²) in [6.07, 6.45) is -4.96. The first-order chi connectivity index (χ1) is 15.4. The van der Waals surface area contributed by atoms with Gasteiger partial charge in [0, 0.05) is 20.6 Å². The van der Waals surface area contributed by atoms with E-state index in [9.17, 15) is 27.6 Å². The zero-order valence-electron chi connectivity index (χ0n) is 15.9. The second-order valence-electron chi connectivity index (χ2n) is 7.88. The van der Waals surface area contributed by atoms with Gasteiger partial charge in [0.2, 0.25) is 17.7 Å². The number of carbonyl (C=O) groups excluding carboxylic acids is 3. The molecule has 2 fully saturated rings. The smallest absolute Gasteiger partial charge is 0.323 e. The minimum atomic E-state index is -4.96. The van der Waals surface area contributed by atoms with Crippen molar-refractivity contribution in [2.75, 3.05) is 10.2 Å². The highest BCUT2D eigenvalue weighted by molar-refractivity contribution is 6.38. The molecule has 172 valence electrons. The van der Waals surface area contributed by atoms with Gasteiger partial charge < -0.3 is 5.32 Å². The number of alkyl halides is 3. The van der Waals surface area contributed by atoms with Crippen molar-refractivity contribution in [3.05, 3.63) is 56.0 Å². The number of nitrogens with one attached hydrogen (secondary N) is 2. The van der Waals surface area contributed by atoms with Crippen LogP contribution in [0.2, 0.25) is 20.1 Å². The van der Waals surface area contributed by atoms with Crippen molar-refractivity contribution >= 4 is 75.5 Å². The Bertz CT molecular complexity index is 1250. The number of rotatable bonds is 1. The summed E-state index contributed by atoms with van der Waals surface area (Å²) in [7, 11) is 0. The third-order valence-corrected chi connectivity index (χ3v) is 7.05. The monoisotopic (exact) mass is 537 g/mol. The average molecular weight is 539 g/mol. The summed E-state index contributed by atoms with van der Waals surface area (Å²) in [5.41, 5.74) is -2.35. The summed E-state index contributed by atoms with van der Waals surface area (Å²) in [4.78, 5) is 40.6. The summed E-state index contributed by atoms with van der Waals surface area (Å²) in [6.45, 7) is 0. The van der Waals surface area contributed by atoms with Crippen molar-refractivity contribution in [1.29, 1.82) is 0 Å². The van der Waals surface area contributed by atoms with E-state index in [2.05, 4.69) is 10.6 Å². The van der Waals surface area contributed by atoms with E-state index in [1.54, 1.807) is 0 Å². The lowest BCUT2D eigenvalue weighted by Crippen LogP contribution is -2.55. The normalized spacial score (nSPS) is 28.5. The number of hydrogen-bond donors (Lipinski definition) is 2. The molecule has 0 radical (unpaired) electrons. The maximum absolute atomic E-state index is 14.1. The highest BCUT2D eigenvalue weighted by atomic mass is 35.5. The largest absolute Gasteiger partial charge is 0.404 e. The topological polar surface area (TPSA) is 78.5 Å². The van der Waals surface area contributed by atoms with E-state index in [1.165, 1.54) is 30.3 Å². The van der Waals surface area contributed by atoms with Gasteiger partial charge in [-0.15, -0.1) is 0 Å². The van der Waals surface area contributed by atoms with Crippen LogP contribution in [0.5, 0.6) is 0 Å². The van der Waals surface area contributed by atoms with Crippen LogP contribution >= 0.6 is 46.4 Å². The number of fused-ring (bicyclic) bond motifs is 4. The van der Waals surface area contributed by atoms with Crippen molar-refractivity contribution in [2.45, 2.75) is 17.8 Å². The van der Waals surface area contributed by atoms with Gasteiger partial charge in [0.1, 0.15) is 11.6 Å². The minimum Gasteiger partial charge on any atom is -0.323 e. The van der Waals surface area contributed by atoms with E-state index in [1.807, 2.05) is 0 Å². The van der Waals surface area contributed by atoms with Crippen LogP contribution in [-0.2, 0) is 19.9 Å². The molecule has 6 nitrogen and oxygen atoms in total. The van der Waals surface area contributed by atoms with E-state index in [0.717, 1.165) is 0 Å². The Morgan fingerprint density at radius 1 is 0.879 bits per heavy atom. The van der Waals surface area contributed by atoms with Crippen molar-refractivity contribution in [1.82, 2.24) is 5.32 Å². The number of carbonyl (C=O) groups is 3. The van der Waals surface area contributed by atoms with Crippen molar-refractivity contribution < 1.29 is 27.6 Å².